The molecule has 20 heavy (non-hydrogen) atoms. The largest absolute Gasteiger partial charge is 0.480 e. The van der Waals surface area contributed by atoms with E-state index in [1.54, 1.807) is 0 Å². The Balaban J connectivity index is 2.10. The third-order valence-electron chi connectivity index (χ3n) is 3.62. The summed E-state index contributed by atoms with van der Waals surface area (Å²) in [5, 5.41) is 0.0771. The maximum absolute atomic E-state index is 13.7. The Hall–Kier alpha value is -1.10. The van der Waals surface area contributed by atoms with E-state index in [9.17, 15) is 4.39 Å². The summed E-state index contributed by atoms with van der Waals surface area (Å²) in [6, 6.07) is 11.0. The van der Waals surface area contributed by atoms with Gasteiger partial charge in [-0.15, -0.1) is 0 Å². The van der Waals surface area contributed by atoms with E-state index < -0.39 is 11.4 Å². The highest BCUT2D eigenvalue weighted by atomic mass is 79.9. The second kappa shape index (κ2) is 5.02. The minimum atomic E-state index is -0.663. The molecular weight excluding hydrogens is 345 g/mol. The molecule has 0 amide bonds. The number of rotatable bonds is 2. The number of hydrogen-bond donors (Lipinski definition) is 1. The Bertz CT molecular complexity index is 665. The van der Waals surface area contributed by atoms with Crippen molar-refractivity contribution in [2.75, 3.05) is 6.54 Å². The third-order valence-corrected chi connectivity index (χ3v) is 5.09. The van der Waals surface area contributed by atoms with Crippen LogP contribution in [0.2, 0.25) is 5.02 Å². The van der Waals surface area contributed by atoms with E-state index >= 15 is 0 Å². The Morgan fingerprint density at radius 2 is 2.05 bits per heavy atom. The van der Waals surface area contributed by atoms with Gasteiger partial charge in [0.1, 0.15) is 11.6 Å². The van der Waals surface area contributed by atoms with Crippen LogP contribution in [0.1, 0.15) is 11.1 Å². The van der Waals surface area contributed by atoms with E-state index in [0.29, 0.717) is 23.2 Å². The van der Waals surface area contributed by atoms with Crippen molar-refractivity contribution in [1.29, 1.82) is 0 Å². The lowest BCUT2D eigenvalue weighted by Gasteiger charge is -2.27. The van der Waals surface area contributed by atoms with Crippen molar-refractivity contribution in [2.24, 2.45) is 5.73 Å². The van der Waals surface area contributed by atoms with Crippen molar-refractivity contribution >= 4 is 27.5 Å². The van der Waals surface area contributed by atoms with Crippen molar-refractivity contribution in [3.63, 3.8) is 0 Å². The van der Waals surface area contributed by atoms with Crippen LogP contribution in [0.5, 0.6) is 5.75 Å². The van der Waals surface area contributed by atoms with Gasteiger partial charge in [-0.1, -0.05) is 41.9 Å². The molecule has 2 aromatic carbocycles. The molecule has 104 valence electrons. The van der Waals surface area contributed by atoms with Crippen molar-refractivity contribution in [3.8, 4) is 5.75 Å². The van der Waals surface area contributed by atoms with E-state index in [-0.39, 0.29) is 5.02 Å². The molecule has 0 aromatic heterocycles. The molecule has 1 atom stereocenters. The van der Waals surface area contributed by atoms with Crippen molar-refractivity contribution in [3.05, 3.63) is 62.8 Å². The first kappa shape index (κ1) is 13.9. The fourth-order valence-electron chi connectivity index (χ4n) is 2.53. The summed E-state index contributed by atoms with van der Waals surface area (Å²) in [5.41, 5.74) is 7.10. The second-order valence-corrected chi connectivity index (χ2v) is 5.98. The minimum Gasteiger partial charge on any atom is -0.480 e. The average molecular weight is 357 g/mol. The van der Waals surface area contributed by atoms with E-state index in [4.69, 9.17) is 22.1 Å². The first-order chi connectivity index (χ1) is 9.57. The zero-order valence-electron chi connectivity index (χ0n) is 10.5. The molecule has 0 unspecified atom stereocenters. The average Bonchev–Trinajstić information content (AvgIpc) is 2.86. The first-order valence-corrected chi connectivity index (χ1v) is 7.35. The van der Waals surface area contributed by atoms with Crippen LogP contribution in [-0.2, 0) is 12.0 Å². The van der Waals surface area contributed by atoms with Gasteiger partial charge in [0.15, 0.2) is 5.60 Å². The summed E-state index contributed by atoms with van der Waals surface area (Å²) in [7, 11) is 0. The van der Waals surface area contributed by atoms with Gasteiger partial charge in [-0.2, -0.15) is 0 Å². The summed E-state index contributed by atoms with van der Waals surface area (Å²) >= 11 is 9.28. The molecule has 0 aliphatic carbocycles. The van der Waals surface area contributed by atoms with Crippen LogP contribution >= 0.6 is 27.5 Å². The Kier molecular flexibility index (Phi) is 3.48. The van der Waals surface area contributed by atoms with Crippen LogP contribution in [0.3, 0.4) is 0 Å². The van der Waals surface area contributed by atoms with Gasteiger partial charge in [0.25, 0.3) is 0 Å². The highest BCUT2D eigenvalue weighted by molar-refractivity contribution is 9.10. The molecule has 5 heteroatoms. The molecule has 2 N–H and O–H groups in total. The third kappa shape index (κ3) is 2.03. The maximum atomic E-state index is 13.7. The second-order valence-electron chi connectivity index (χ2n) is 4.81. The lowest BCUT2D eigenvalue weighted by molar-refractivity contribution is 0.103. The molecule has 0 radical (unpaired) electrons. The van der Waals surface area contributed by atoms with Gasteiger partial charge in [-0.3, -0.25) is 0 Å². The van der Waals surface area contributed by atoms with Crippen LogP contribution in [0.15, 0.2) is 40.9 Å². The normalized spacial score (nSPS) is 20.6. The Morgan fingerprint density at radius 1 is 1.35 bits per heavy atom. The van der Waals surface area contributed by atoms with E-state index in [2.05, 4.69) is 15.9 Å². The van der Waals surface area contributed by atoms with Gasteiger partial charge in [0.05, 0.1) is 5.02 Å². The van der Waals surface area contributed by atoms with Crippen LogP contribution in [0.25, 0.3) is 0 Å². The molecule has 1 aliphatic rings. The first-order valence-electron chi connectivity index (χ1n) is 6.18. The summed E-state index contributed by atoms with van der Waals surface area (Å²) in [4.78, 5) is 0. The van der Waals surface area contributed by atoms with Gasteiger partial charge in [-0.05, 0) is 21.5 Å². The fraction of sp³-hybridized carbons (Fsp3) is 0.200. The quantitative estimate of drug-likeness (QED) is 0.825. The summed E-state index contributed by atoms with van der Waals surface area (Å²) in [5.74, 6) is -0.00810. The van der Waals surface area contributed by atoms with Crippen LogP contribution in [0.4, 0.5) is 4.39 Å². The number of halogens is 3. The zero-order valence-corrected chi connectivity index (χ0v) is 12.8. The van der Waals surface area contributed by atoms with Gasteiger partial charge in [0.2, 0.25) is 0 Å². The smallest absolute Gasteiger partial charge is 0.150 e. The van der Waals surface area contributed by atoms with Gasteiger partial charge in [0, 0.05) is 29.1 Å². The fourth-order valence-corrected chi connectivity index (χ4v) is 3.23. The number of nitrogens with two attached hydrogens (primary N) is 1. The minimum absolute atomic E-state index is 0.0771. The number of fused-ring (bicyclic) bond motifs is 1. The highest BCUT2D eigenvalue weighted by Gasteiger charge is 2.41. The van der Waals surface area contributed by atoms with E-state index in [0.717, 1.165) is 11.1 Å². The molecule has 1 heterocycles. The molecule has 0 saturated carbocycles. The molecule has 0 fully saturated rings. The molecule has 0 saturated heterocycles. The number of ether oxygens (including phenoxy) is 1. The standard InChI is InChI=1S/C15H12BrClFNO/c16-13-10-7-15(8-19,9-4-2-1-3-5-9)20-12(10)6-11(18)14(13)17/h1-6H,7-8,19H2/t15-/m1/s1. The lowest BCUT2D eigenvalue weighted by Crippen LogP contribution is -2.39. The highest BCUT2D eigenvalue weighted by Crippen LogP contribution is 2.46. The van der Waals surface area contributed by atoms with Gasteiger partial charge < -0.3 is 10.5 Å². The number of hydrogen-bond acceptors (Lipinski definition) is 2. The monoisotopic (exact) mass is 355 g/mol. The maximum Gasteiger partial charge on any atom is 0.150 e. The summed E-state index contributed by atoms with van der Waals surface area (Å²) in [6.45, 7) is 0.303. The molecule has 0 spiro atoms. The van der Waals surface area contributed by atoms with Crippen LogP contribution in [-0.4, -0.2) is 6.54 Å². The van der Waals surface area contributed by atoms with Crippen molar-refractivity contribution < 1.29 is 9.13 Å². The topological polar surface area (TPSA) is 35.2 Å². The SMILES string of the molecule is NC[C@@]1(c2ccccc2)Cc2c(cc(F)c(Cl)c2Br)O1. The predicted octanol–water partition coefficient (Wildman–Crippen LogP) is 4.03. The molecule has 0 bridgehead atoms. The summed E-state index contributed by atoms with van der Waals surface area (Å²) in [6.07, 6.45) is 0.559. The zero-order chi connectivity index (χ0) is 14.3. The van der Waals surface area contributed by atoms with Crippen LogP contribution < -0.4 is 10.5 Å². The molecular formula is C15H12BrClFNO. The van der Waals surface area contributed by atoms with E-state index in [1.165, 1.54) is 6.07 Å². The van der Waals surface area contributed by atoms with Crippen molar-refractivity contribution in [1.82, 2.24) is 0 Å². The van der Waals surface area contributed by atoms with E-state index in [1.807, 2.05) is 30.3 Å². The molecule has 2 nitrogen and oxygen atoms in total. The van der Waals surface area contributed by atoms with Gasteiger partial charge >= 0.3 is 0 Å². The summed E-state index contributed by atoms with van der Waals surface area (Å²) < 4.78 is 20.3. The Labute approximate surface area is 129 Å². The molecule has 1 aliphatic heterocycles. The predicted molar refractivity (Wildman–Crippen MR) is 80.6 cm³/mol. The Morgan fingerprint density at radius 3 is 2.70 bits per heavy atom. The lowest BCUT2D eigenvalue weighted by atomic mass is 9.89. The van der Waals surface area contributed by atoms with Crippen molar-refractivity contribution in [2.45, 2.75) is 12.0 Å². The van der Waals surface area contributed by atoms with Crippen LogP contribution in [0, 0.1) is 5.82 Å². The number of benzene rings is 2. The van der Waals surface area contributed by atoms with Gasteiger partial charge in [-0.25, -0.2) is 4.39 Å². The molecule has 3 rings (SSSR count). The molecule has 2 aromatic rings.